The lowest BCUT2D eigenvalue weighted by atomic mass is 9.96. The van der Waals surface area contributed by atoms with Crippen molar-refractivity contribution in [2.24, 2.45) is 0 Å². The lowest BCUT2D eigenvalue weighted by molar-refractivity contribution is -0.138. The first-order valence-electron chi connectivity index (χ1n) is 8.14. The highest BCUT2D eigenvalue weighted by molar-refractivity contribution is 6.05. The Morgan fingerprint density at radius 2 is 1.80 bits per heavy atom. The minimum atomic E-state index is -4.52. The Hall–Kier alpha value is -2.38. The van der Waals surface area contributed by atoms with E-state index in [1.54, 1.807) is 0 Å². The van der Waals surface area contributed by atoms with Gasteiger partial charge in [0.15, 0.2) is 0 Å². The van der Waals surface area contributed by atoms with Crippen LogP contribution in [-0.2, 0) is 22.3 Å². The summed E-state index contributed by atoms with van der Waals surface area (Å²) in [5.74, 6) is -1.67. The van der Waals surface area contributed by atoms with E-state index in [9.17, 15) is 27.6 Å². The second-order valence-electron chi connectivity index (χ2n) is 6.77. The van der Waals surface area contributed by atoms with E-state index in [-0.39, 0.29) is 36.4 Å². The standard InChI is InChI=1S/C17H15F3N2O3/c18-17(19,20)12-6-11-9(5-10(12)8-1-2-8)7-22(16(11)25)13-3-4-14(23)21-15(13)24/h5-6,8,13H,1-4,7H2,(H,21,23,24). The Labute approximate surface area is 141 Å². The van der Waals surface area contributed by atoms with E-state index in [1.165, 1.54) is 11.0 Å². The summed E-state index contributed by atoms with van der Waals surface area (Å²) in [7, 11) is 0. The summed E-state index contributed by atoms with van der Waals surface area (Å²) in [5, 5.41) is 2.18. The van der Waals surface area contributed by atoms with Crippen LogP contribution in [0.3, 0.4) is 0 Å². The average Bonchev–Trinajstić information content (AvgIpc) is 3.31. The van der Waals surface area contributed by atoms with Crippen molar-refractivity contribution >= 4 is 17.7 Å². The molecule has 4 rings (SSSR count). The Kier molecular flexibility index (Phi) is 3.42. The zero-order valence-corrected chi connectivity index (χ0v) is 13.2. The maximum atomic E-state index is 13.4. The fourth-order valence-electron chi connectivity index (χ4n) is 3.61. The lowest BCUT2D eigenvalue weighted by Crippen LogP contribution is -2.52. The minimum Gasteiger partial charge on any atom is -0.322 e. The van der Waals surface area contributed by atoms with Crippen molar-refractivity contribution in [1.29, 1.82) is 0 Å². The molecule has 1 unspecified atom stereocenters. The van der Waals surface area contributed by atoms with Gasteiger partial charge in [-0.3, -0.25) is 19.7 Å². The fourth-order valence-corrected chi connectivity index (χ4v) is 3.61. The van der Waals surface area contributed by atoms with E-state index in [0.29, 0.717) is 18.4 Å². The van der Waals surface area contributed by atoms with Crippen LogP contribution < -0.4 is 5.32 Å². The maximum Gasteiger partial charge on any atom is 0.416 e. The molecule has 2 fully saturated rings. The highest BCUT2D eigenvalue weighted by atomic mass is 19.4. The summed E-state index contributed by atoms with van der Waals surface area (Å²) in [6.45, 7) is 0.0955. The first-order valence-corrected chi connectivity index (χ1v) is 8.14. The van der Waals surface area contributed by atoms with Gasteiger partial charge in [0.25, 0.3) is 5.91 Å². The van der Waals surface area contributed by atoms with Gasteiger partial charge in [0.1, 0.15) is 6.04 Å². The number of nitrogens with zero attached hydrogens (tertiary/aromatic N) is 1. The molecule has 1 saturated carbocycles. The van der Waals surface area contributed by atoms with Crippen LogP contribution in [0.1, 0.15) is 58.6 Å². The number of imide groups is 1. The van der Waals surface area contributed by atoms with Gasteiger partial charge in [0, 0.05) is 18.5 Å². The van der Waals surface area contributed by atoms with Gasteiger partial charge in [0.05, 0.1) is 5.56 Å². The lowest BCUT2D eigenvalue weighted by Gasteiger charge is -2.29. The summed E-state index contributed by atoms with van der Waals surface area (Å²) in [4.78, 5) is 37.1. The van der Waals surface area contributed by atoms with Gasteiger partial charge in [-0.1, -0.05) is 6.07 Å². The third-order valence-electron chi connectivity index (χ3n) is 5.02. The smallest absolute Gasteiger partial charge is 0.322 e. The number of alkyl halides is 3. The number of nitrogens with one attached hydrogen (secondary N) is 1. The van der Waals surface area contributed by atoms with Gasteiger partial charge >= 0.3 is 6.18 Å². The number of hydrogen-bond donors (Lipinski definition) is 1. The zero-order valence-electron chi connectivity index (χ0n) is 13.2. The topological polar surface area (TPSA) is 66.5 Å². The predicted octanol–water partition coefficient (Wildman–Crippen LogP) is 2.34. The number of carbonyl (C=O) groups is 3. The number of halogens is 3. The zero-order chi connectivity index (χ0) is 17.9. The van der Waals surface area contributed by atoms with E-state index in [4.69, 9.17) is 0 Å². The van der Waals surface area contributed by atoms with Gasteiger partial charge in [-0.2, -0.15) is 13.2 Å². The molecule has 8 heteroatoms. The van der Waals surface area contributed by atoms with Crippen LogP contribution >= 0.6 is 0 Å². The third kappa shape index (κ3) is 2.69. The van der Waals surface area contributed by atoms with Crippen molar-refractivity contribution in [3.63, 3.8) is 0 Å². The fraction of sp³-hybridized carbons (Fsp3) is 0.471. The van der Waals surface area contributed by atoms with E-state index in [1.807, 2.05) is 0 Å². The van der Waals surface area contributed by atoms with Crippen LogP contribution in [-0.4, -0.2) is 28.7 Å². The summed E-state index contributed by atoms with van der Waals surface area (Å²) in [6.07, 6.45) is -2.79. The molecular weight excluding hydrogens is 337 g/mol. The van der Waals surface area contributed by atoms with Crippen molar-refractivity contribution in [3.05, 3.63) is 34.4 Å². The number of piperidine rings is 1. The van der Waals surface area contributed by atoms with Gasteiger partial charge < -0.3 is 4.90 Å². The molecule has 1 atom stereocenters. The van der Waals surface area contributed by atoms with E-state index in [2.05, 4.69) is 5.32 Å². The van der Waals surface area contributed by atoms with E-state index >= 15 is 0 Å². The number of benzene rings is 1. The van der Waals surface area contributed by atoms with E-state index < -0.39 is 35.5 Å². The molecule has 3 amide bonds. The van der Waals surface area contributed by atoms with Crippen LogP contribution in [0.25, 0.3) is 0 Å². The molecule has 1 aliphatic carbocycles. The second-order valence-corrected chi connectivity index (χ2v) is 6.77. The van der Waals surface area contributed by atoms with Gasteiger partial charge in [0.2, 0.25) is 11.8 Å². The first kappa shape index (κ1) is 16.1. The number of fused-ring (bicyclic) bond motifs is 1. The van der Waals surface area contributed by atoms with Crippen molar-refractivity contribution in [3.8, 4) is 0 Å². The highest BCUT2D eigenvalue weighted by Gasteiger charge is 2.43. The van der Waals surface area contributed by atoms with E-state index in [0.717, 1.165) is 6.07 Å². The second kappa shape index (κ2) is 5.31. The Bertz CT molecular complexity index is 799. The molecule has 1 saturated heterocycles. The predicted molar refractivity (Wildman–Crippen MR) is 79.5 cm³/mol. The van der Waals surface area contributed by atoms with Crippen LogP contribution in [0.2, 0.25) is 0 Å². The molecule has 1 aromatic rings. The Morgan fingerprint density at radius 3 is 2.40 bits per heavy atom. The molecule has 25 heavy (non-hydrogen) atoms. The summed E-state index contributed by atoms with van der Waals surface area (Å²) in [6, 6.07) is 1.58. The number of hydrogen-bond acceptors (Lipinski definition) is 3. The van der Waals surface area contributed by atoms with Crippen molar-refractivity contribution in [2.75, 3.05) is 0 Å². The molecule has 0 bridgehead atoms. The number of carbonyl (C=O) groups excluding carboxylic acids is 3. The van der Waals surface area contributed by atoms with Crippen molar-refractivity contribution in [1.82, 2.24) is 10.2 Å². The van der Waals surface area contributed by atoms with Crippen LogP contribution in [0, 0.1) is 0 Å². The molecule has 2 aliphatic heterocycles. The molecule has 2 heterocycles. The highest BCUT2D eigenvalue weighted by Crippen LogP contribution is 2.47. The molecule has 0 spiro atoms. The van der Waals surface area contributed by atoms with Crippen LogP contribution in [0.5, 0.6) is 0 Å². The SMILES string of the molecule is O=C1CCC(N2Cc3cc(C4CC4)c(C(F)(F)F)cc3C2=O)C(=O)N1. The molecule has 0 radical (unpaired) electrons. The normalized spacial score (nSPS) is 23.7. The number of amides is 3. The number of rotatable bonds is 2. The summed E-state index contributed by atoms with van der Waals surface area (Å²) < 4.78 is 40.1. The summed E-state index contributed by atoms with van der Waals surface area (Å²) >= 11 is 0. The molecule has 1 aromatic carbocycles. The van der Waals surface area contributed by atoms with Crippen LogP contribution in [0.4, 0.5) is 13.2 Å². The van der Waals surface area contributed by atoms with Crippen LogP contribution in [0.15, 0.2) is 12.1 Å². The minimum absolute atomic E-state index is 0.00132. The third-order valence-corrected chi connectivity index (χ3v) is 5.02. The molecular formula is C17H15F3N2O3. The monoisotopic (exact) mass is 352 g/mol. The molecule has 5 nitrogen and oxygen atoms in total. The van der Waals surface area contributed by atoms with Gasteiger partial charge in [-0.15, -0.1) is 0 Å². The Morgan fingerprint density at radius 1 is 1.08 bits per heavy atom. The Balaban J connectivity index is 1.70. The van der Waals surface area contributed by atoms with Gasteiger partial charge in [-0.05, 0) is 42.4 Å². The largest absolute Gasteiger partial charge is 0.416 e. The van der Waals surface area contributed by atoms with Gasteiger partial charge in [-0.25, -0.2) is 0 Å². The average molecular weight is 352 g/mol. The molecule has 3 aliphatic rings. The quantitative estimate of drug-likeness (QED) is 0.831. The molecule has 132 valence electrons. The summed E-state index contributed by atoms with van der Waals surface area (Å²) in [5.41, 5.74) is 0.00224. The molecule has 1 N–H and O–H groups in total. The molecule has 0 aromatic heterocycles. The first-order chi connectivity index (χ1) is 11.8. The van der Waals surface area contributed by atoms with Crippen molar-refractivity contribution < 1.29 is 27.6 Å². The maximum absolute atomic E-state index is 13.4. The van der Waals surface area contributed by atoms with Crippen molar-refractivity contribution in [2.45, 2.75) is 50.4 Å².